The molecule has 0 saturated carbocycles. The molecule has 2 N–H and O–H groups in total. The van der Waals surface area contributed by atoms with E-state index in [1.165, 1.54) is 0 Å². The third kappa shape index (κ3) is 3.05. The van der Waals surface area contributed by atoms with Gasteiger partial charge in [-0.1, -0.05) is 23.7 Å². The van der Waals surface area contributed by atoms with Crippen molar-refractivity contribution in [1.29, 1.82) is 0 Å². The SMILES string of the molecule is C=CCN(C(=O)c1c(N)cccc1Cl)C(C)(C)C. The van der Waals surface area contributed by atoms with Crippen LogP contribution in [-0.2, 0) is 0 Å². The van der Waals surface area contributed by atoms with Gasteiger partial charge in [-0.25, -0.2) is 0 Å². The highest BCUT2D eigenvalue weighted by Gasteiger charge is 2.28. The summed E-state index contributed by atoms with van der Waals surface area (Å²) < 4.78 is 0. The number of amides is 1. The number of nitrogens with zero attached hydrogens (tertiary/aromatic N) is 1. The van der Waals surface area contributed by atoms with E-state index in [4.69, 9.17) is 17.3 Å². The molecule has 0 radical (unpaired) electrons. The molecular formula is C14H19ClN2O. The van der Waals surface area contributed by atoms with Gasteiger partial charge in [-0.15, -0.1) is 6.58 Å². The van der Waals surface area contributed by atoms with E-state index in [-0.39, 0.29) is 11.4 Å². The van der Waals surface area contributed by atoms with Crippen molar-refractivity contribution in [1.82, 2.24) is 4.90 Å². The zero-order valence-corrected chi connectivity index (χ0v) is 11.8. The Bertz CT molecular complexity index is 443. The highest BCUT2D eigenvalue weighted by Crippen LogP contribution is 2.26. The second-order valence-corrected chi connectivity index (χ2v) is 5.49. The summed E-state index contributed by atoms with van der Waals surface area (Å²) in [7, 11) is 0. The second-order valence-electron chi connectivity index (χ2n) is 5.08. The number of benzene rings is 1. The fraction of sp³-hybridized carbons (Fsp3) is 0.357. The Balaban J connectivity index is 3.22. The molecule has 18 heavy (non-hydrogen) atoms. The average Bonchev–Trinajstić information content (AvgIpc) is 2.23. The maximum atomic E-state index is 12.5. The van der Waals surface area contributed by atoms with E-state index in [0.29, 0.717) is 22.8 Å². The number of nitrogens with two attached hydrogens (primary N) is 1. The van der Waals surface area contributed by atoms with Gasteiger partial charge in [0.2, 0.25) is 0 Å². The minimum atomic E-state index is -0.323. The van der Waals surface area contributed by atoms with Crippen molar-refractivity contribution in [3.05, 3.63) is 41.4 Å². The molecule has 0 atom stereocenters. The van der Waals surface area contributed by atoms with Gasteiger partial charge in [-0.05, 0) is 32.9 Å². The Hall–Kier alpha value is -1.48. The minimum Gasteiger partial charge on any atom is -0.398 e. The van der Waals surface area contributed by atoms with E-state index in [1.807, 2.05) is 20.8 Å². The molecule has 0 saturated heterocycles. The van der Waals surface area contributed by atoms with Crippen LogP contribution in [0.25, 0.3) is 0 Å². The third-order valence-electron chi connectivity index (χ3n) is 2.63. The van der Waals surface area contributed by atoms with E-state index in [2.05, 4.69) is 6.58 Å². The lowest BCUT2D eigenvalue weighted by Crippen LogP contribution is -2.46. The van der Waals surface area contributed by atoms with Crippen molar-refractivity contribution >= 4 is 23.2 Å². The molecule has 1 aromatic rings. The molecule has 98 valence electrons. The van der Waals surface area contributed by atoms with Crippen LogP contribution in [0.2, 0.25) is 5.02 Å². The number of carbonyl (C=O) groups is 1. The zero-order valence-electron chi connectivity index (χ0n) is 11.0. The quantitative estimate of drug-likeness (QED) is 0.674. The lowest BCUT2D eigenvalue weighted by molar-refractivity contribution is 0.0618. The monoisotopic (exact) mass is 266 g/mol. The van der Waals surface area contributed by atoms with Crippen molar-refractivity contribution < 1.29 is 4.79 Å². The predicted molar refractivity (Wildman–Crippen MR) is 76.9 cm³/mol. The molecule has 0 aromatic heterocycles. The van der Waals surface area contributed by atoms with Gasteiger partial charge < -0.3 is 10.6 Å². The van der Waals surface area contributed by atoms with Gasteiger partial charge in [-0.2, -0.15) is 0 Å². The largest absolute Gasteiger partial charge is 0.398 e. The van der Waals surface area contributed by atoms with E-state index in [1.54, 1.807) is 29.2 Å². The molecule has 0 bridgehead atoms. The molecule has 0 spiro atoms. The first kappa shape index (κ1) is 14.6. The average molecular weight is 267 g/mol. The van der Waals surface area contributed by atoms with E-state index < -0.39 is 0 Å². The van der Waals surface area contributed by atoms with Gasteiger partial charge in [0.25, 0.3) is 5.91 Å². The molecule has 0 heterocycles. The van der Waals surface area contributed by atoms with Crippen molar-refractivity contribution in [2.24, 2.45) is 0 Å². The number of rotatable bonds is 3. The number of anilines is 1. The number of hydrogen-bond donors (Lipinski definition) is 1. The van der Waals surface area contributed by atoms with Gasteiger partial charge in [0.15, 0.2) is 0 Å². The Labute approximate surface area is 113 Å². The van der Waals surface area contributed by atoms with Gasteiger partial charge in [0, 0.05) is 17.8 Å². The molecule has 1 amide bonds. The summed E-state index contributed by atoms with van der Waals surface area (Å²) >= 11 is 6.07. The van der Waals surface area contributed by atoms with Gasteiger partial charge in [-0.3, -0.25) is 4.79 Å². The van der Waals surface area contributed by atoms with Crippen molar-refractivity contribution in [3.63, 3.8) is 0 Å². The van der Waals surface area contributed by atoms with Crippen molar-refractivity contribution in [2.45, 2.75) is 26.3 Å². The summed E-state index contributed by atoms with van der Waals surface area (Å²) in [6, 6.07) is 5.07. The lowest BCUT2D eigenvalue weighted by Gasteiger charge is -2.35. The summed E-state index contributed by atoms with van der Waals surface area (Å²) in [5.41, 5.74) is 6.27. The van der Waals surface area contributed by atoms with Crippen molar-refractivity contribution in [3.8, 4) is 0 Å². The van der Waals surface area contributed by atoms with Crippen LogP contribution < -0.4 is 5.73 Å². The molecule has 0 aliphatic rings. The Morgan fingerprint density at radius 3 is 2.56 bits per heavy atom. The van der Waals surface area contributed by atoms with Crippen LogP contribution in [0, 0.1) is 0 Å². The molecule has 0 fully saturated rings. The first-order valence-corrected chi connectivity index (χ1v) is 6.13. The first-order valence-electron chi connectivity index (χ1n) is 5.76. The van der Waals surface area contributed by atoms with Gasteiger partial charge in [0.1, 0.15) is 0 Å². The number of carbonyl (C=O) groups excluding carboxylic acids is 1. The Kier molecular flexibility index (Phi) is 4.41. The van der Waals surface area contributed by atoms with Crippen LogP contribution in [0.3, 0.4) is 0 Å². The fourth-order valence-electron chi connectivity index (χ4n) is 1.69. The van der Waals surface area contributed by atoms with Crippen LogP contribution in [0.5, 0.6) is 0 Å². The third-order valence-corrected chi connectivity index (χ3v) is 2.94. The molecule has 1 aromatic carbocycles. The van der Waals surface area contributed by atoms with Crippen molar-refractivity contribution in [2.75, 3.05) is 12.3 Å². The lowest BCUT2D eigenvalue weighted by atomic mass is 10.0. The number of halogens is 1. The maximum absolute atomic E-state index is 12.5. The first-order chi connectivity index (χ1) is 8.29. The molecule has 0 aliphatic heterocycles. The van der Waals surface area contributed by atoms with Gasteiger partial charge >= 0.3 is 0 Å². The van der Waals surface area contributed by atoms with Crippen LogP contribution in [0.15, 0.2) is 30.9 Å². The summed E-state index contributed by atoms with van der Waals surface area (Å²) in [5.74, 6) is -0.175. The molecular weight excluding hydrogens is 248 g/mol. The highest BCUT2D eigenvalue weighted by molar-refractivity contribution is 6.34. The zero-order chi connectivity index (χ0) is 13.9. The van der Waals surface area contributed by atoms with E-state index in [9.17, 15) is 4.79 Å². The predicted octanol–water partition coefficient (Wildman–Crippen LogP) is 3.35. The number of hydrogen-bond acceptors (Lipinski definition) is 2. The van der Waals surface area contributed by atoms with Crippen LogP contribution in [0.4, 0.5) is 5.69 Å². The Morgan fingerprint density at radius 2 is 2.11 bits per heavy atom. The summed E-state index contributed by atoms with van der Waals surface area (Å²) in [6.07, 6.45) is 1.69. The molecule has 4 heteroatoms. The summed E-state index contributed by atoms with van der Waals surface area (Å²) in [5, 5.41) is 0.373. The fourth-order valence-corrected chi connectivity index (χ4v) is 1.95. The van der Waals surface area contributed by atoms with Crippen LogP contribution in [-0.4, -0.2) is 22.9 Å². The molecule has 3 nitrogen and oxygen atoms in total. The normalized spacial score (nSPS) is 11.1. The summed E-state index contributed by atoms with van der Waals surface area (Å²) in [6.45, 7) is 10.0. The standard InChI is InChI=1S/C14H19ClN2O/c1-5-9-17(14(2,3)4)13(18)12-10(15)7-6-8-11(12)16/h5-8H,1,9,16H2,2-4H3. The van der Waals surface area contributed by atoms with E-state index >= 15 is 0 Å². The van der Waals surface area contributed by atoms with Crippen LogP contribution in [0.1, 0.15) is 31.1 Å². The van der Waals surface area contributed by atoms with Gasteiger partial charge in [0.05, 0.1) is 10.6 Å². The second kappa shape index (κ2) is 5.44. The number of nitrogen functional groups attached to an aromatic ring is 1. The van der Waals surface area contributed by atoms with Crippen LogP contribution >= 0.6 is 11.6 Å². The minimum absolute atomic E-state index is 0.175. The maximum Gasteiger partial charge on any atom is 0.258 e. The molecule has 1 rings (SSSR count). The van der Waals surface area contributed by atoms with E-state index in [0.717, 1.165) is 0 Å². The topological polar surface area (TPSA) is 46.3 Å². The smallest absolute Gasteiger partial charge is 0.258 e. The highest BCUT2D eigenvalue weighted by atomic mass is 35.5. The molecule has 0 aliphatic carbocycles. The summed E-state index contributed by atoms with van der Waals surface area (Å²) in [4.78, 5) is 14.2. The Morgan fingerprint density at radius 1 is 1.50 bits per heavy atom. The molecule has 0 unspecified atom stereocenters.